The molecule has 2 aromatic rings. The fourth-order valence-electron chi connectivity index (χ4n) is 2.84. The maximum atomic E-state index is 13.3. The van der Waals surface area contributed by atoms with E-state index >= 15 is 0 Å². The number of hydrogen-bond acceptors (Lipinski definition) is 5. The number of nitrogens with one attached hydrogen (secondary N) is 1. The topological polar surface area (TPSA) is 44.3 Å². The highest BCUT2D eigenvalue weighted by molar-refractivity contribution is 5.88. The van der Waals surface area contributed by atoms with E-state index < -0.39 is 0 Å². The highest BCUT2D eigenvalue weighted by atomic mass is 19.1. The summed E-state index contributed by atoms with van der Waals surface area (Å²) in [6.07, 6.45) is 1.48. The Morgan fingerprint density at radius 2 is 2.00 bits per heavy atom. The van der Waals surface area contributed by atoms with E-state index in [1.807, 2.05) is 0 Å². The Bertz CT molecular complexity index is 639. The van der Waals surface area contributed by atoms with Gasteiger partial charge >= 0.3 is 0 Å². The molecule has 6 heteroatoms. The van der Waals surface area contributed by atoms with Crippen LogP contribution < -0.4 is 5.32 Å². The molecule has 0 saturated carbocycles. The molecule has 1 aromatic heterocycles. The van der Waals surface area contributed by atoms with E-state index in [0.29, 0.717) is 5.52 Å². The molecule has 118 valence electrons. The van der Waals surface area contributed by atoms with Gasteiger partial charge in [-0.2, -0.15) is 0 Å². The number of aromatic nitrogens is 2. The molecule has 1 atom stereocenters. The second-order valence-electron chi connectivity index (χ2n) is 6.03. The van der Waals surface area contributed by atoms with Crippen LogP contribution >= 0.6 is 0 Å². The number of anilines is 1. The van der Waals surface area contributed by atoms with Crippen molar-refractivity contribution in [1.82, 2.24) is 19.8 Å². The maximum Gasteiger partial charge on any atom is 0.137 e. The summed E-state index contributed by atoms with van der Waals surface area (Å²) in [5.41, 5.74) is 0.629. The van der Waals surface area contributed by atoms with Crippen LogP contribution in [0.4, 0.5) is 10.2 Å². The number of hydrogen-bond donors (Lipinski definition) is 1. The lowest BCUT2D eigenvalue weighted by Gasteiger charge is -2.34. The van der Waals surface area contributed by atoms with Gasteiger partial charge in [0.25, 0.3) is 0 Å². The van der Waals surface area contributed by atoms with Crippen LogP contribution in [0, 0.1) is 5.82 Å². The lowest BCUT2D eigenvalue weighted by molar-refractivity contribution is 0.151. The molecule has 1 aliphatic heterocycles. The van der Waals surface area contributed by atoms with Crippen LogP contribution in [0.2, 0.25) is 0 Å². The lowest BCUT2D eigenvalue weighted by Crippen LogP contribution is -2.47. The minimum atomic E-state index is -0.275. The monoisotopic (exact) mass is 303 g/mol. The Labute approximate surface area is 130 Å². The van der Waals surface area contributed by atoms with E-state index in [0.717, 1.165) is 43.9 Å². The van der Waals surface area contributed by atoms with Crippen molar-refractivity contribution >= 4 is 16.7 Å². The number of nitrogens with zero attached hydrogens (tertiary/aromatic N) is 4. The third-order valence-electron chi connectivity index (χ3n) is 4.11. The average molecular weight is 303 g/mol. The molecule has 0 bridgehead atoms. The van der Waals surface area contributed by atoms with E-state index in [-0.39, 0.29) is 11.9 Å². The van der Waals surface area contributed by atoms with Gasteiger partial charge in [-0.25, -0.2) is 14.4 Å². The van der Waals surface area contributed by atoms with Crippen molar-refractivity contribution in [3.05, 3.63) is 30.3 Å². The minimum Gasteiger partial charge on any atom is -0.366 e. The molecule has 1 N–H and O–H groups in total. The van der Waals surface area contributed by atoms with E-state index in [1.165, 1.54) is 18.5 Å². The predicted molar refractivity (Wildman–Crippen MR) is 86.5 cm³/mol. The van der Waals surface area contributed by atoms with Crippen molar-refractivity contribution in [2.75, 3.05) is 45.1 Å². The number of likely N-dealkylation sites (N-methyl/N-ethyl adjacent to an activating group) is 1. The fourth-order valence-corrected chi connectivity index (χ4v) is 2.84. The summed E-state index contributed by atoms with van der Waals surface area (Å²) in [5.74, 6) is 0.495. The summed E-state index contributed by atoms with van der Waals surface area (Å²) in [6, 6.07) is 4.89. The average Bonchev–Trinajstić information content (AvgIpc) is 2.49. The van der Waals surface area contributed by atoms with E-state index in [2.05, 4.69) is 39.1 Å². The Balaban J connectivity index is 1.67. The van der Waals surface area contributed by atoms with Crippen molar-refractivity contribution in [3.63, 3.8) is 0 Å². The number of halogens is 1. The van der Waals surface area contributed by atoms with Crippen molar-refractivity contribution < 1.29 is 4.39 Å². The Morgan fingerprint density at radius 1 is 1.23 bits per heavy atom. The van der Waals surface area contributed by atoms with Crippen molar-refractivity contribution in [2.24, 2.45) is 0 Å². The number of rotatable bonds is 4. The second kappa shape index (κ2) is 6.54. The summed E-state index contributed by atoms with van der Waals surface area (Å²) >= 11 is 0. The zero-order chi connectivity index (χ0) is 15.5. The molecule has 3 rings (SSSR count). The molecule has 1 saturated heterocycles. The second-order valence-corrected chi connectivity index (χ2v) is 6.03. The lowest BCUT2D eigenvalue weighted by atomic mass is 10.2. The summed E-state index contributed by atoms with van der Waals surface area (Å²) in [7, 11) is 2.16. The highest BCUT2D eigenvalue weighted by Gasteiger charge is 2.16. The van der Waals surface area contributed by atoms with Gasteiger partial charge in [0.2, 0.25) is 0 Å². The zero-order valence-electron chi connectivity index (χ0n) is 13.1. The molecule has 5 nitrogen and oxygen atoms in total. The van der Waals surface area contributed by atoms with Crippen LogP contribution in [-0.4, -0.2) is 65.6 Å². The zero-order valence-corrected chi connectivity index (χ0v) is 13.1. The molecule has 0 radical (unpaired) electrons. The summed E-state index contributed by atoms with van der Waals surface area (Å²) in [4.78, 5) is 13.2. The third kappa shape index (κ3) is 3.51. The Hall–Kier alpha value is -1.79. The van der Waals surface area contributed by atoms with E-state index in [4.69, 9.17) is 0 Å². The van der Waals surface area contributed by atoms with Gasteiger partial charge in [-0.3, -0.25) is 4.90 Å². The largest absolute Gasteiger partial charge is 0.366 e. The SMILES string of the molecule is C[C@H](CN1CCN(C)CC1)Nc1ncnc2cc(F)ccc12. The van der Waals surface area contributed by atoms with Crippen LogP contribution in [0.1, 0.15) is 6.92 Å². The van der Waals surface area contributed by atoms with Gasteiger partial charge in [0, 0.05) is 50.2 Å². The molecule has 2 heterocycles. The third-order valence-corrected chi connectivity index (χ3v) is 4.11. The highest BCUT2D eigenvalue weighted by Crippen LogP contribution is 2.20. The van der Waals surface area contributed by atoms with Crippen LogP contribution in [0.3, 0.4) is 0 Å². The van der Waals surface area contributed by atoms with Gasteiger partial charge in [0.1, 0.15) is 18.0 Å². The Kier molecular flexibility index (Phi) is 4.49. The first-order chi connectivity index (χ1) is 10.6. The summed E-state index contributed by atoms with van der Waals surface area (Å²) in [5, 5.41) is 4.29. The van der Waals surface area contributed by atoms with E-state index in [9.17, 15) is 4.39 Å². The molecule has 1 aliphatic rings. The summed E-state index contributed by atoms with van der Waals surface area (Å²) < 4.78 is 13.3. The smallest absolute Gasteiger partial charge is 0.137 e. The molecular formula is C16H22FN5. The first-order valence-electron chi connectivity index (χ1n) is 7.69. The van der Waals surface area contributed by atoms with Gasteiger partial charge in [-0.15, -0.1) is 0 Å². The van der Waals surface area contributed by atoms with Crippen LogP contribution in [-0.2, 0) is 0 Å². The fraction of sp³-hybridized carbons (Fsp3) is 0.500. The van der Waals surface area contributed by atoms with Gasteiger partial charge in [0.05, 0.1) is 5.52 Å². The first-order valence-corrected chi connectivity index (χ1v) is 7.69. The molecule has 1 fully saturated rings. The Morgan fingerprint density at radius 3 is 2.77 bits per heavy atom. The van der Waals surface area contributed by atoms with Gasteiger partial charge in [0.15, 0.2) is 0 Å². The molecule has 22 heavy (non-hydrogen) atoms. The maximum absolute atomic E-state index is 13.3. The minimum absolute atomic E-state index is 0.270. The normalized spacial score (nSPS) is 18.5. The molecule has 0 amide bonds. The molecule has 0 unspecified atom stereocenters. The van der Waals surface area contributed by atoms with Crippen LogP contribution in [0.5, 0.6) is 0 Å². The predicted octanol–water partition coefficient (Wildman–Crippen LogP) is 1.82. The quantitative estimate of drug-likeness (QED) is 0.933. The number of fused-ring (bicyclic) bond motifs is 1. The molecular weight excluding hydrogens is 281 g/mol. The van der Waals surface area contributed by atoms with Gasteiger partial charge in [-0.05, 0) is 26.1 Å². The summed E-state index contributed by atoms with van der Waals surface area (Å²) in [6.45, 7) is 7.54. The standard InChI is InChI=1S/C16H22FN5/c1-12(10-22-7-5-21(2)6-8-22)20-16-14-4-3-13(17)9-15(14)18-11-19-16/h3-4,9,11-12H,5-8,10H2,1-2H3,(H,18,19,20)/t12-/m1/s1. The van der Waals surface area contributed by atoms with Crippen LogP contribution in [0.15, 0.2) is 24.5 Å². The first kappa shape index (κ1) is 15.1. The van der Waals surface area contributed by atoms with Crippen molar-refractivity contribution in [2.45, 2.75) is 13.0 Å². The molecule has 0 aliphatic carbocycles. The van der Waals surface area contributed by atoms with Crippen molar-refractivity contribution in [1.29, 1.82) is 0 Å². The van der Waals surface area contributed by atoms with Gasteiger partial charge in [-0.1, -0.05) is 0 Å². The van der Waals surface area contributed by atoms with Gasteiger partial charge < -0.3 is 10.2 Å². The van der Waals surface area contributed by atoms with Crippen molar-refractivity contribution in [3.8, 4) is 0 Å². The molecule has 1 aromatic carbocycles. The molecule has 0 spiro atoms. The number of benzene rings is 1. The van der Waals surface area contributed by atoms with Crippen LogP contribution in [0.25, 0.3) is 10.9 Å². The number of piperazine rings is 1. The van der Waals surface area contributed by atoms with E-state index in [1.54, 1.807) is 6.07 Å².